The Labute approximate surface area is 227 Å². The lowest BCUT2D eigenvalue weighted by Gasteiger charge is -2.33. The molecule has 2 aliphatic rings. The lowest BCUT2D eigenvalue weighted by Crippen LogP contribution is -2.38. The maximum Gasteiger partial charge on any atom is 0.350 e. The van der Waals surface area contributed by atoms with Gasteiger partial charge in [0.15, 0.2) is 40.7 Å². The summed E-state index contributed by atoms with van der Waals surface area (Å²) in [6, 6.07) is 5.60. The molecule has 1 saturated heterocycles. The Balaban J connectivity index is 1.25. The van der Waals surface area contributed by atoms with Crippen LogP contribution in [0.2, 0.25) is 0 Å². The zero-order valence-electron chi connectivity index (χ0n) is 21.5. The number of likely N-dealkylation sites (tertiary alicyclic amines) is 1. The van der Waals surface area contributed by atoms with E-state index in [0.29, 0.717) is 35.9 Å². The highest BCUT2D eigenvalue weighted by atomic mass is 19.2. The van der Waals surface area contributed by atoms with Crippen LogP contribution >= 0.6 is 0 Å². The van der Waals surface area contributed by atoms with Crippen LogP contribution in [0.15, 0.2) is 46.3 Å². The molecule has 0 radical (unpaired) electrons. The summed E-state index contributed by atoms with van der Waals surface area (Å²) in [6.45, 7) is 3.09. The number of hydrogen-bond acceptors (Lipinski definition) is 7. The molecule has 3 aromatic rings. The van der Waals surface area contributed by atoms with Crippen molar-refractivity contribution < 1.29 is 22.7 Å². The van der Waals surface area contributed by atoms with E-state index in [1.807, 2.05) is 0 Å². The van der Waals surface area contributed by atoms with Crippen LogP contribution in [0.25, 0.3) is 0 Å². The molecule has 0 aliphatic carbocycles. The van der Waals surface area contributed by atoms with Crippen molar-refractivity contribution in [1.82, 2.24) is 14.5 Å². The zero-order valence-corrected chi connectivity index (χ0v) is 21.5. The second kappa shape index (κ2) is 11.4. The number of piperidine rings is 1. The Morgan fingerprint density at radius 1 is 1.07 bits per heavy atom. The molecule has 5 rings (SSSR count). The molecule has 10 nitrogen and oxygen atoms in total. The molecule has 0 spiro atoms. The molecule has 0 bridgehead atoms. The Kier molecular flexibility index (Phi) is 7.74. The molecule has 2 aromatic carbocycles. The van der Waals surface area contributed by atoms with Gasteiger partial charge in [0, 0.05) is 43.7 Å². The summed E-state index contributed by atoms with van der Waals surface area (Å²) >= 11 is 0. The molecular weight excluding hydrogens is 527 g/mol. The maximum absolute atomic E-state index is 14.0. The molecular formula is C27H28F3N7O3. The van der Waals surface area contributed by atoms with Crippen molar-refractivity contribution in [3.63, 3.8) is 0 Å². The zero-order chi connectivity index (χ0) is 28.4. The molecule has 0 saturated carbocycles. The van der Waals surface area contributed by atoms with E-state index >= 15 is 0 Å². The first-order chi connectivity index (χ1) is 19.2. The van der Waals surface area contributed by atoms with Gasteiger partial charge in [-0.25, -0.2) is 18.0 Å². The number of aliphatic imine (C=N–C) groups is 1. The lowest BCUT2D eigenvalue weighted by molar-refractivity contribution is 0.0991. The van der Waals surface area contributed by atoms with E-state index < -0.39 is 35.3 Å². The van der Waals surface area contributed by atoms with Gasteiger partial charge in [-0.15, -0.1) is 0 Å². The summed E-state index contributed by atoms with van der Waals surface area (Å²) in [6.07, 6.45) is 3.58. The van der Waals surface area contributed by atoms with E-state index in [-0.39, 0.29) is 28.9 Å². The molecule has 40 heavy (non-hydrogen) atoms. The number of nitrogens with one attached hydrogen (secondary N) is 1. The van der Waals surface area contributed by atoms with Crippen LogP contribution in [-0.2, 0) is 6.42 Å². The smallest absolute Gasteiger partial charge is 0.350 e. The first-order valence-electron chi connectivity index (χ1n) is 12.8. The van der Waals surface area contributed by atoms with Gasteiger partial charge in [-0.05, 0) is 55.6 Å². The van der Waals surface area contributed by atoms with Crippen LogP contribution in [0.4, 0.5) is 24.7 Å². The topological polar surface area (TPSA) is 141 Å². The van der Waals surface area contributed by atoms with Crippen molar-refractivity contribution in [2.24, 2.45) is 16.5 Å². The predicted octanol–water partition coefficient (Wildman–Crippen LogP) is 3.24. The van der Waals surface area contributed by atoms with E-state index in [4.69, 9.17) is 16.2 Å². The number of rotatable bonds is 8. The monoisotopic (exact) mass is 555 g/mol. The van der Waals surface area contributed by atoms with Crippen molar-refractivity contribution in [3.8, 4) is 11.5 Å². The number of ether oxygens (including phenoxy) is 1. The molecule has 5 N–H and O–H groups in total. The number of Topliss-reactive ketones (excluding diaryl/α,β-unsaturated/α-hetero) is 1. The number of carbonyl (C=O) groups excluding carboxylic acids is 1. The molecule has 13 heteroatoms. The van der Waals surface area contributed by atoms with Gasteiger partial charge in [-0.2, -0.15) is 4.98 Å². The van der Waals surface area contributed by atoms with Crippen molar-refractivity contribution in [1.29, 1.82) is 0 Å². The number of benzene rings is 2. The highest BCUT2D eigenvalue weighted by molar-refractivity contribution is 5.99. The van der Waals surface area contributed by atoms with Crippen LogP contribution in [0.3, 0.4) is 0 Å². The number of fused-ring (bicyclic) bond motifs is 2. The Hall–Kier alpha value is -4.39. The first-order valence-corrected chi connectivity index (χ1v) is 12.8. The summed E-state index contributed by atoms with van der Waals surface area (Å²) < 4.78 is 48.3. The molecule has 0 amide bonds. The summed E-state index contributed by atoms with van der Waals surface area (Å²) in [5.74, 6) is -3.00. The summed E-state index contributed by atoms with van der Waals surface area (Å²) in [4.78, 5) is 36.1. The van der Waals surface area contributed by atoms with E-state index in [9.17, 15) is 22.8 Å². The molecule has 3 heterocycles. The van der Waals surface area contributed by atoms with Gasteiger partial charge in [0.25, 0.3) is 0 Å². The first kappa shape index (κ1) is 27.2. The molecule has 2 aliphatic heterocycles. The highest BCUT2D eigenvalue weighted by Crippen LogP contribution is 2.41. The second-order valence-corrected chi connectivity index (χ2v) is 9.77. The highest BCUT2D eigenvalue weighted by Gasteiger charge is 2.26. The number of nitrogens with zero attached hydrogens (tertiary/aromatic N) is 4. The Morgan fingerprint density at radius 3 is 2.58 bits per heavy atom. The number of guanidine groups is 1. The van der Waals surface area contributed by atoms with Crippen LogP contribution in [-0.4, -0.2) is 52.4 Å². The van der Waals surface area contributed by atoms with Crippen molar-refractivity contribution in [3.05, 3.63) is 75.6 Å². The van der Waals surface area contributed by atoms with Gasteiger partial charge in [0.1, 0.15) is 5.82 Å². The van der Waals surface area contributed by atoms with Gasteiger partial charge in [-0.3, -0.25) is 14.4 Å². The second-order valence-electron chi connectivity index (χ2n) is 9.77. The number of ketones is 1. The Morgan fingerprint density at radius 2 is 1.82 bits per heavy atom. The van der Waals surface area contributed by atoms with Crippen molar-refractivity contribution in [2.45, 2.75) is 31.7 Å². The fraction of sp³-hybridized carbons (Fsp3) is 0.333. The van der Waals surface area contributed by atoms with Crippen LogP contribution < -0.4 is 27.2 Å². The quantitative estimate of drug-likeness (QED) is 0.0990. The summed E-state index contributed by atoms with van der Waals surface area (Å²) in [5.41, 5.74) is 10.6. The minimum atomic E-state index is -1.32. The number of hydrogen-bond donors (Lipinski definition) is 3. The molecule has 210 valence electrons. The maximum atomic E-state index is 14.0. The Bertz CT molecular complexity index is 1530. The fourth-order valence-electron chi connectivity index (χ4n) is 4.91. The minimum Gasteiger partial charge on any atom is -0.450 e. The molecule has 1 aromatic heterocycles. The van der Waals surface area contributed by atoms with Crippen LogP contribution in [0.1, 0.15) is 41.2 Å². The van der Waals surface area contributed by atoms with Gasteiger partial charge < -0.3 is 26.4 Å². The largest absolute Gasteiger partial charge is 0.450 e. The third kappa shape index (κ3) is 5.93. The van der Waals surface area contributed by atoms with E-state index in [0.717, 1.165) is 38.9 Å². The average molecular weight is 556 g/mol. The summed E-state index contributed by atoms with van der Waals surface area (Å²) in [7, 11) is 0. The minimum absolute atomic E-state index is 0.0269. The molecule has 1 fully saturated rings. The van der Waals surface area contributed by atoms with Gasteiger partial charge in [0.05, 0.1) is 11.9 Å². The predicted molar refractivity (Wildman–Crippen MR) is 143 cm³/mol. The number of carbonyl (C=O) groups is 1. The van der Waals surface area contributed by atoms with E-state index in [1.54, 1.807) is 16.8 Å². The number of anilines is 2. The van der Waals surface area contributed by atoms with Crippen LogP contribution in [0.5, 0.6) is 11.5 Å². The SMILES string of the molecule is NC(N)=NCCCN1CCC(n2cc3c(nc2=O)Nc2cc(C(=O)Cc4cc(F)c(F)cc4F)ccc2O3)CC1. The van der Waals surface area contributed by atoms with Crippen molar-refractivity contribution in [2.75, 3.05) is 31.5 Å². The van der Waals surface area contributed by atoms with E-state index in [2.05, 4.69) is 20.2 Å². The normalized spacial score (nSPS) is 15.0. The van der Waals surface area contributed by atoms with Gasteiger partial charge >= 0.3 is 5.69 Å². The number of halogens is 3. The third-order valence-corrected chi connectivity index (χ3v) is 7.01. The summed E-state index contributed by atoms with van der Waals surface area (Å²) in [5, 5.41) is 3.02. The number of aromatic nitrogens is 2. The van der Waals surface area contributed by atoms with Crippen molar-refractivity contribution >= 4 is 23.2 Å². The standard InChI is InChI=1S/C27H28F3N7O3/c28-18-13-20(30)19(29)10-16(18)12-22(38)15-2-3-23-21(11-15)34-25-24(40-23)14-37(27(39)35-25)17-4-8-36(9-5-17)7-1-6-33-26(31)32/h2-3,10-11,13-14,17H,1,4-9,12H2,(H4,31,32,33)(H,34,35,39). The van der Waals surface area contributed by atoms with Gasteiger partial charge in [0.2, 0.25) is 0 Å². The third-order valence-electron chi connectivity index (χ3n) is 7.01. The lowest BCUT2D eigenvalue weighted by atomic mass is 10.0. The number of nitrogens with two attached hydrogens (primary N) is 2. The molecule has 0 atom stereocenters. The van der Waals surface area contributed by atoms with Gasteiger partial charge in [-0.1, -0.05) is 0 Å². The van der Waals surface area contributed by atoms with E-state index in [1.165, 1.54) is 12.1 Å². The average Bonchev–Trinajstić information content (AvgIpc) is 2.92. The fourth-order valence-corrected chi connectivity index (χ4v) is 4.91. The van der Waals surface area contributed by atoms with Crippen LogP contribution in [0, 0.1) is 17.5 Å². The molecule has 0 unspecified atom stereocenters.